The van der Waals surface area contributed by atoms with Crippen LogP contribution in [0.5, 0.6) is 0 Å². The van der Waals surface area contributed by atoms with Crippen molar-refractivity contribution in [3.05, 3.63) is 42.5 Å². The van der Waals surface area contributed by atoms with E-state index in [4.69, 9.17) is 5.73 Å². The Morgan fingerprint density at radius 3 is 2.75 bits per heavy atom. The zero-order chi connectivity index (χ0) is 16.8. The van der Waals surface area contributed by atoms with Gasteiger partial charge >= 0.3 is 0 Å². The van der Waals surface area contributed by atoms with Crippen molar-refractivity contribution in [3.8, 4) is 11.4 Å². The van der Waals surface area contributed by atoms with Crippen molar-refractivity contribution >= 4 is 34.1 Å². The number of aryl methyl sites for hydroxylation is 1. The molecule has 0 aliphatic rings. The van der Waals surface area contributed by atoms with Gasteiger partial charge in [-0.1, -0.05) is 12.1 Å². The molecule has 0 spiro atoms. The van der Waals surface area contributed by atoms with Gasteiger partial charge in [0.05, 0.1) is 11.0 Å². The molecule has 1 amide bonds. The van der Waals surface area contributed by atoms with Crippen LogP contribution in [0.2, 0.25) is 0 Å². The van der Waals surface area contributed by atoms with Crippen LogP contribution in [0.25, 0.3) is 28.2 Å². The molecule has 7 heteroatoms. The number of nitrogens with two attached hydrogens (primary N) is 1. The number of carbonyl (C=O) groups is 1. The molecule has 0 aliphatic carbocycles. The summed E-state index contributed by atoms with van der Waals surface area (Å²) in [7, 11) is 1.94. The fourth-order valence-corrected chi connectivity index (χ4v) is 2.95. The number of benzene rings is 2. The number of nitrogens with zero attached hydrogens (tertiary/aromatic N) is 4. The molecule has 2 heterocycles. The van der Waals surface area contributed by atoms with Crippen molar-refractivity contribution in [1.82, 2.24) is 19.2 Å². The van der Waals surface area contributed by atoms with Crippen LogP contribution in [0.4, 0.5) is 11.4 Å². The van der Waals surface area contributed by atoms with E-state index in [1.807, 2.05) is 58.5 Å². The number of anilines is 2. The molecular formula is C17H16N6O. The van der Waals surface area contributed by atoms with Crippen molar-refractivity contribution < 1.29 is 4.79 Å². The molecule has 0 bridgehead atoms. The molecule has 0 saturated heterocycles. The Morgan fingerprint density at radius 1 is 1.12 bits per heavy atom. The van der Waals surface area contributed by atoms with E-state index in [9.17, 15) is 4.79 Å². The first-order chi connectivity index (χ1) is 11.5. The zero-order valence-electron chi connectivity index (χ0n) is 13.3. The van der Waals surface area contributed by atoms with Crippen molar-refractivity contribution in [2.24, 2.45) is 7.05 Å². The highest BCUT2D eigenvalue weighted by atomic mass is 16.1. The number of aromatic nitrogens is 4. The summed E-state index contributed by atoms with van der Waals surface area (Å²) in [6, 6.07) is 13.3. The molecule has 3 N–H and O–H groups in total. The van der Waals surface area contributed by atoms with Crippen LogP contribution in [0.1, 0.15) is 6.92 Å². The SMILES string of the molecule is CC(=O)Nc1cccc(-c2nnc3n(C)c4ccc(N)cc4n23)c1. The Balaban J connectivity index is 1.98. The number of hydrogen-bond donors (Lipinski definition) is 2. The monoisotopic (exact) mass is 320 g/mol. The van der Waals surface area contributed by atoms with Gasteiger partial charge in [-0.15, -0.1) is 10.2 Å². The van der Waals surface area contributed by atoms with E-state index in [0.29, 0.717) is 11.5 Å². The smallest absolute Gasteiger partial charge is 0.236 e. The van der Waals surface area contributed by atoms with Gasteiger partial charge in [-0.2, -0.15) is 0 Å². The molecule has 0 radical (unpaired) electrons. The van der Waals surface area contributed by atoms with E-state index >= 15 is 0 Å². The summed E-state index contributed by atoms with van der Waals surface area (Å²) in [5, 5.41) is 11.4. The van der Waals surface area contributed by atoms with Crippen molar-refractivity contribution in [3.63, 3.8) is 0 Å². The Bertz CT molecular complexity index is 1090. The maximum Gasteiger partial charge on any atom is 0.236 e. The number of hydrogen-bond acceptors (Lipinski definition) is 4. The van der Waals surface area contributed by atoms with E-state index in [0.717, 1.165) is 28.1 Å². The summed E-state index contributed by atoms with van der Waals surface area (Å²) < 4.78 is 3.95. The lowest BCUT2D eigenvalue weighted by Gasteiger charge is -2.04. The lowest BCUT2D eigenvalue weighted by molar-refractivity contribution is -0.114. The molecule has 24 heavy (non-hydrogen) atoms. The molecule has 4 aromatic rings. The lowest BCUT2D eigenvalue weighted by atomic mass is 10.2. The van der Waals surface area contributed by atoms with Crippen LogP contribution >= 0.6 is 0 Å². The molecule has 0 aliphatic heterocycles. The highest BCUT2D eigenvalue weighted by Crippen LogP contribution is 2.28. The lowest BCUT2D eigenvalue weighted by Crippen LogP contribution is -2.05. The standard InChI is InChI=1S/C17H16N6O/c1-10(24)19-13-5-3-4-11(8-13)16-20-21-17-22(2)14-7-6-12(18)9-15(14)23(16)17/h3-9H,18H2,1-2H3,(H,19,24). The van der Waals surface area contributed by atoms with E-state index in [1.165, 1.54) is 6.92 Å². The maximum absolute atomic E-state index is 11.3. The van der Waals surface area contributed by atoms with E-state index in [-0.39, 0.29) is 5.91 Å². The third kappa shape index (κ3) is 2.10. The van der Waals surface area contributed by atoms with Crippen molar-refractivity contribution in [2.45, 2.75) is 6.92 Å². The molecule has 0 saturated carbocycles. The molecule has 0 atom stereocenters. The normalized spacial score (nSPS) is 11.2. The van der Waals surface area contributed by atoms with Gasteiger partial charge in [-0.05, 0) is 30.3 Å². The van der Waals surface area contributed by atoms with Gasteiger partial charge in [0.15, 0.2) is 5.82 Å². The van der Waals surface area contributed by atoms with Gasteiger partial charge in [0.25, 0.3) is 0 Å². The predicted molar refractivity (Wildman–Crippen MR) is 93.6 cm³/mol. The quantitative estimate of drug-likeness (QED) is 0.555. The van der Waals surface area contributed by atoms with Crippen LogP contribution < -0.4 is 11.1 Å². The highest BCUT2D eigenvalue weighted by Gasteiger charge is 2.16. The second-order valence-corrected chi connectivity index (χ2v) is 5.73. The van der Waals surface area contributed by atoms with E-state index in [1.54, 1.807) is 0 Å². The molecule has 7 nitrogen and oxygen atoms in total. The van der Waals surface area contributed by atoms with Gasteiger partial charge in [0.1, 0.15) is 0 Å². The van der Waals surface area contributed by atoms with Crippen LogP contribution in [0, 0.1) is 0 Å². The minimum absolute atomic E-state index is 0.114. The Kier molecular flexibility index (Phi) is 3.02. The third-order valence-corrected chi connectivity index (χ3v) is 3.99. The molecule has 2 aromatic heterocycles. The minimum atomic E-state index is -0.114. The van der Waals surface area contributed by atoms with Crippen LogP contribution in [0.3, 0.4) is 0 Å². The van der Waals surface area contributed by atoms with Crippen LogP contribution in [0.15, 0.2) is 42.5 Å². The number of amides is 1. The van der Waals surface area contributed by atoms with Gasteiger partial charge in [0.2, 0.25) is 11.7 Å². The highest BCUT2D eigenvalue weighted by molar-refractivity contribution is 5.90. The Morgan fingerprint density at radius 2 is 1.96 bits per heavy atom. The van der Waals surface area contributed by atoms with Gasteiger partial charge < -0.3 is 15.6 Å². The van der Waals surface area contributed by atoms with Gasteiger partial charge in [-0.25, -0.2) is 0 Å². The molecule has 4 rings (SSSR count). The maximum atomic E-state index is 11.3. The number of fused-ring (bicyclic) bond motifs is 3. The van der Waals surface area contributed by atoms with Crippen LogP contribution in [-0.4, -0.2) is 25.1 Å². The molecule has 2 aromatic carbocycles. The minimum Gasteiger partial charge on any atom is -0.399 e. The fourth-order valence-electron chi connectivity index (χ4n) is 2.95. The number of nitrogen functional groups attached to an aromatic ring is 1. The number of carbonyl (C=O) groups excluding carboxylic acids is 1. The summed E-state index contributed by atoms with van der Waals surface area (Å²) >= 11 is 0. The summed E-state index contributed by atoms with van der Waals surface area (Å²) in [5.74, 6) is 1.32. The average molecular weight is 320 g/mol. The number of imidazole rings is 1. The average Bonchev–Trinajstić information content (AvgIpc) is 3.08. The fraction of sp³-hybridized carbons (Fsp3) is 0.118. The zero-order valence-corrected chi connectivity index (χ0v) is 13.3. The van der Waals surface area contributed by atoms with Crippen molar-refractivity contribution in [2.75, 3.05) is 11.1 Å². The molecule has 120 valence electrons. The van der Waals surface area contributed by atoms with Crippen LogP contribution in [-0.2, 0) is 11.8 Å². The summed E-state index contributed by atoms with van der Waals surface area (Å²) in [4.78, 5) is 11.3. The predicted octanol–water partition coefficient (Wildman–Crippen LogP) is 2.43. The number of rotatable bonds is 2. The molecular weight excluding hydrogens is 304 g/mol. The first-order valence-corrected chi connectivity index (χ1v) is 7.51. The second-order valence-electron chi connectivity index (χ2n) is 5.73. The molecule has 0 fully saturated rings. The van der Waals surface area contributed by atoms with Gasteiger partial charge in [0, 0.05) is 30.9 Å². The van der Waals surface area contributed by atoms with E-state index < -0.39 is 0 Å². The second kappa shape index (κ2) is 5.09. The Hall–Kier alpha value is -3.35. The largest absolute Gasteiger partial charge is 0.399 e. The third-order valence-electron chi connectivity index (χ3n) is 3.99. The summed E-state index contributed by atoms with van der Waals surface area (Å²) in [6.07, 6.45) is 0. The number of nitrogens with one attached hydrogen (secondary N) is 1. The first-order valence-electron chi connectivity index (χ1n) is 7.51. The first kappa shape index (κ1) is 14.3. The topological polar surface area (TPSA) is 90.2 Å². The van der Waals surface area contributed by atoms with Gasteiger partial charge in [-0.3, -0.25) is 9.20 Å². The molecule has 0 unspecified atom stereocenters. The van der Waals surface area contributed by atoms with E-state index in [2.05, 4.69) is 15.5 Å². The Labute approximate surface area is 137 Å². The van der Waals surface area contributed by atoms with Crippen molar-refractivity contribution in [1.29, 1.82) is 0 Å². The summed E-state index contributed by atoms with van der Waals surface area (Å²) in [6.45, 7) is 1.48. The summed E-state index contributed by atoms with van der Waals surface area (Å²) in [5.41, 5.74) is 10.2.